The van der Waals surface area contributed by atoms with E-state index in [0.717, 1.165) is 56.0 Å². The van der Waals surface area contributed by atoms with E-state index in [0.29, 0.717) is 73.4 Å². The molecule has 1 atom stereocenters. The van der Waals surface area contributed by atoms with Crippen LogP contribution in [-0.4, -0.2) is 120 Å². The van der Waals surface area contributed by atoms with Crippen LogP contribution in [0.1, 0.15) is 48.1 Å². The fraction of sp³-hybridized carbons (Fsp3) is 0.559. The van der Waals surface area contributed by atoms with Gasteiger partial charge in [0.05, 0.1) is 22.9 Å². The molecule has 4 aliphatic heterocycles. The van der Waals surface area contributed by atoms with Gasteiger partial charge >= 0.3 is 12.1 Å². The van der Waals surface area contributed by atoms with Crippen LogP contribution in [0.15, 0.2) is 23.6 Å². The zero-order valence-corrected chi connectivity index (χ0v) is 28.5. The maximum absolute atomic E-state index is 14.0. The first-order valence-electron chi connectivity index (χ1n) is 16.6. The number of likely N-dealkylation sites (N-methyl/N-ethyl adjacent to an activating group) is 1. The second-order valence-corrected chi connectivity index (χ2v) is 14.5. The number of carbonyl (C=O) groups excluding carboxylic acids is 3. The minimum atomic E-state index is -1.04. The van der Waals surface area contributed by atoms with Crippen molar-refractivity contribution in [3.63, 3.8) is 0 Å². The Labute approximate surface area is 285 Å². The molecule has 11 nitrogen and oxygen atoms in total. The van der Waals surface area contributed by atoms with Crippen molar-refractivity contribution in [2.24, 2.45) is 0 Å². The first kappa shape index (κ1) is 33.4. The van der Waals surface area contributed by atoms with Gasteiger partial charge in [0.1, 0.15) is 0 Å². The molecule has 47 heavy (non-hydrogen) atoms. The number of nitrogens with zero attached hydrogens (tertiary/aromatic N) is 5. The zero-order valence-electron chi connectivity index (χ0n) is 27.0. The number of hydrogen-bond donors (Lipinski definition) is 2. The van der Waals surface area contributed by atoms with Gasteiger partial charge < -0.3 is 35.4 Å². The number of terminal acetylenes is 1. The van der Waals surface area contributed by atoms with Crippen LogP contribution in [0.25, 0.3) is 0 Å². The largest absolute Gasteiger partial charge is 0.436 e. The predicted octanol–water partition coefficient (Wildman–Crippen LogP) is 4.15. The lowest BCUT2D eigenvalue weighted by Crippen LogP contribution is -2.53. The van der Waals surface area contributed by atoms with Crippen LogP contribution in [0.4, 0.5) is 21.0 Å². The number of piperidine rings is 2. The number of halogens is 1. The number of urea groups is 1. The summed E-state index contributed by atoms with van der Waals surface area (Å²) in [6.45, 7) is 6.92. The standard InChI is InChI=1S/C34H44ClN7O4S/c1-3-24-19-23(20-27(35)31(24)36)21-29(32(43)40-12-5-25(6-13-40)39-11-4-10-38(2)16-17-39)46-34(45)41-14-7-26(8-15-41)42-22-30-28(9-18-47-30)37-33(42)44/h1,9,18-20,25-26,29H,4-8,10-17,21-22,36H2,2H3,(H,37,44)/t29-/m1/s1. The monoisotopic (exact) mass is 681 g/mol. The van der Waals surface area contributed by atoms with Crippen molar-refractivity contribution in [1.82, 2.24) is 24.5 Å². The summed E-state index contributed by atoms with van der Waals surface area (Å²) in [5.74, 6) is 2.34. The average Bonchev–Trinajstić information content (AvgIpc) is 3.42. The van der Waals surface area contributed by atoms with Gasteiger partial charge in [0.2, 0.25) is 0 Å². The van der Waals surface area contributed by atoms with Gasteiger partial charge in [0.25, 0.3) is 5.91 Å². The number of fused-ring (bicyclic) bond motifs is 1. The van der Waals surface area contributed by atoms with Crippen molar-refractivity contribution < 1.29 is 19.1 Å². The number of nitrogen functional groups attached to an aromatic ring is 1. The average molecular weight is 682 g/mol. The molecule has 4 aliphatic rings. The highest BCUT2D eigenvalue weighted by Gasteiger charge is 2.37. The van der Waals surface area contributed by atoms with Gasteiger partial charge in [-0.25, -0.2) is 9.59 Å². The lowest BCUT2D eigenvalue weighted by Gasteiger charge is -2.40. The molecule has 3 fully saturated rings. The Balaban J connectivity index is 1.10. The molecule has 4 amide bonds. The summed E-state index contributed by atoms with van der Waals surface area (Å²) in [6.07, 6.45) is 8.39. The van der Waals surface area contributed by atoms with Crippen molar-refractivity contribution in [3.05, 3.63) is 44.6 Å². The molecule has 0 saturated carbocycles. The number of rotatable bonds is 6. The number of likely N-dealkylation sites (tertiary alicyclic amines) is 2. The molecule has 5 heterocycles. The number of amides is 4. The fourth-order valence-corrected chi connectivity index (χ4v) is 8.30. The number of benzene rings is 1. The van der Waals surface area contributed by atoms with Crippen LogP contribution in [0, 0.1) is 12.3 Å². The fourth-order valence-electron chi connectivity index (χ4n) is 7.23. The first-order chi connectivity index (χ1) is 22.7. The topological polar surface area (TPSA) is 115 Å². The molecule has 0 aliphatic carbocycles. The van der Waals surface area contributed by atoms with Crippen LogP contribution >= 0.6 is 22.9 Å². The highest BCUT2D eigenvalue weighted by molar-refractivity contribution is 7.10. The van der Waals surface area contributed by atoms with E-state index in [2.05, 4.69) is 28.1 Å². The Bertz CT molecular complexity index is 1510. The Morgan fingerprint density at radius 2 is 1.79 bits per heavy atom. The third kappa shape index (κ3) is 7.64. The van der Waals surface area contributed by atoms with E-state index in [4.69, 9.17) is 28.5 Å². The first-order valence-corrected chi connectivity index (χ1v) is 17.8. The predicted molar refractivity (Wildman–Crippen MR) is 185 cm³/mol. The number of hydrogen-bond acceptors (Lipinski definition) is 8. The van der Waals surface area contributed by atoms with Crippen molar-refractivity contribution in [1.29, 1.82) is 0 Å². The summed E-state index contributed by atoms with van der Waals surface area (Å²) in [5, 5.41) is 5.25. The summed E-state index contributed by atoms with van der Waals surface area (Å²) in [4.78, 5) is 51.8. The van der Waals surface area contributed by atoms with Crippen molar-refractivity contribution in [3.8, 4) is 12.3 Å². The van der Waals surface area contributed by atoms with E-state index in [-0.39, 0.29) is 24.4 Å². The molecule has 6 rings (SSSR count). The highest BCUT2D eigenvalue weighted by Crippen LogP contribution is 2.32. The van der Waals surface area contributed by atoms with Crippen LogP contribution in [0.3, 0.4) is 0 Å². The van der Waals surface area contributed by atoms with Gasteiger partial charge in [-0.2, -0.15) is 0 Å². The number of nitrogens with one attached hydrogen (secondary N) is 1. The molecule has 1 aromatic heterocycles. The van der Waals surface area contributed by atoms with Crippen LogP contribution in [-0.2, 0) is 22.5 Å². The smallest absolute Gasteiger partial charge is 0.410 e. The lowest BCUT2D eigenvalue weighted by atomic mass is 10.00. The molecular weight excluding hydrogens is 638 g/mol. The summed E-state index contributed by atoms with van der Waals surface area (Å²) in [7, 11) is 2.17. The Morgan fingerprint density at radius 3 is 2.53 bits per heavy atom. The number of thiophene rings is 1. The second kappa shape index (κ2) is 14.7. The maximum Gasteiger partial charge on any atom is 0.410 e. The molecule has 3 saturated heterocycles. The van der Waals surface area contributed by atoms with Gasteiger partial charge in [-0.15, -0.1) is 17.8 Å². The van der Waals surface area contributed by atoms with E-state index in [1.807, 2.05) is 21.2 Å². The minimum Gasteiger partial charge on any atom is -0.436 e. The van der Waals surface area contributed by atoms with Crippen LogP contribution in [0.2, 0.25) is 5.02 Å². The van der Waals surface area contributed by atoms with Crippen LogP contribution < -0.4 is 11.1 Å². The number of carbonyl (C=O) groups is 3. The summed E-state index contributed by atoms with van der Waals surface area (Å²) in [6, 6.07) is 5.68. The number of nitrogens with two attached hydrogens (primary N) is 1. The Hall–Kier alpha value is -3.50. The molecule has 13 heteroatoms. The molecule has 1 aromatic carbocycles. The highest BCUT2D eigenvalue weighted by atomic mass is 35.5. The SMILES string of the molecule is C#Cc1cc(C[C@@H](OC(=O)N2CCC(N3Cc4sccc4NC3=O)CC2)C(=O)N2CCC(N3CCCN(C)CC3)CC2)cc(Cl)c1N. The van der Waals surface area contributed by atoms with Gasteiger partial charge in [-0.1, -0.05) is 17.5 Å². The van der Waals surface area contributed by atoms with Crippen LogP contribution in [0.5, 0.6) is 0 Å². The molecule has 252 valence electrons. The molecule has 0 spiro atoms. The molecule has 2 aromatic rings. The van der Waals surface area contributed by atoms with Gasteiger partial charge in [0, 0.05) is 68.2 Å². The molecule has 3 N–H and O–H groups in total. The summed E-state index contributed by atoms with van der Waals surface area (Å²) < 4.78 is 6.02. The van der Waals surface area contributed by atoms with Gasteiger partial charge in [-0.3, -0.25) is 9.69 Å². The van der Waals surface area contributed by atoms with Crippen molar-refractivity contribution in [2.45, 2.75) is 63.3 Å². The molecule has 0 bridgehead atoms. The lowest BCUT2D eigenvalue weighted by molar-refractivity contribution is -0.142. The summed E-state index contributed by atoms with van der Waals surface area (Å²) >= 11 is 8.01. The third-order valence-corrected chi connectivity index (χ3v) is 11.3. The number of anilines is 2. The normalized spacial score (nSPS) is 21.0. The molecule has 0 unspecified atom stereocenters. The Kier molecular flexibility index (Phi) is 10.5. The maximum atomic E-state index is 14.0. The number of ether oxygens (including phenoxy) is 1. The van der Waals surface area contributed by atoms with Gasteiger partial charge in [-0.05, 0) is 81.4 Å². The quantitative estimate of drug-likeness (QED) is 0.348. The van der Waals surface area contributed by atoms with E-state index >= 15 is 0 Å². The van der Waals surface area contributed by atoms with E-state index < -0.39 is 12.2 Å². The zero-order chi connectivity index (χ0) is 33.1. The molecule has 0 radical (unpaired) electrons. The minimum absolute atomic E-state index is 0.0109. The van der Waals surface area contributed by atoms with E-state index in [9.17, 15) is 14.4 Å². The van der Waals surface area contributed by atoms with Gasteiger partial charge in [0.15, 0.2) is 6.10 Å². The molecular formula is C34H44ClN7O4S. The van der Waals surface area contributed by atoms with E-state index in [1.165, 1.54) is 0 Å². The Morgan fingerprint density at radius 1 is 1.06 bits per heavy atom. The van der Waals surface area contributed by atoms with E-state index in [1.54, 1.807) is 28.4 Å². The second-order valence-electron chi connectivity index (χ2n) is 13.0. The van der Waals surface area contributed by atoms with Crippen molar-refractivity contribution in [2.75, 3.05) is 70.5 Å². The van der Waals surface area contributed by atoms with Crippen molar-refractivity contribution >= 4 is 52.3 Å². The summed E-state index contributed by atoms with van der Waals surface area (Å²) in [5.41, 5.74) is 8.35. The third-order valence-electron chi connectivity index (χ3n) is 10.1.